The highest BCUT2D eigenvalue weighted by atomic mass is 16.5. The second-order valence-corrected chi connectivity index (χ2v) is 9.41. The van der Waals surface area contributed by atoms with Gasteiger partial charge in [-0.15, -0.1) is 0 Å². The van der Waals surface area contributed by atoms with E-state index in [0.29, 0.717) is 24.5 Å². The average Bonchev–Trinajstić information content (AvgIpc) is 2.68. The molecule has 4 atom stereocenters. The summed E-state index contributed by atoms with van der Waals surface area (Å²) in [5.74, 6) is 2.05. The van der Waals surface area contributed by atoms with Crippen molar-refractivity contribution in [2.45, 2.75) is 58.8 Å². The lowest BCUT2D eigenvalue weighted by Crippen LogP contribution is -2.49. The minimum atomic E-state index is -0.384. The number of aliphatic hydroxyl groups excluding tert-OH is 1. The summed E-state index contributed by atoms with van der Waals surface area (Å²) in [7, 11) is 0. The Balaban J connectivity index is 1.36. The van der Waals surface area contributed by atoms with Crippen molar-refractivity contribution < 1.29 is 9.84 Å². The highest BCUT2D eigenvalue weighted by molar-refractivity contribution is 5.14. The van der Waals surface area contributed by atoms with Crippen LogP contribution in [0.3, 0.4) is 0 Å². The molecule has 1 aliphatic carbocycles. The molecule has 1 saturated carbocycles. The molecule has 0 radical (unpaired) electrons. The second kappa shape index (κ2) is 10.7. The predicted molar refractivity (Wildman–Crippen MR) is 115 cm³/mol. The highest BCUT2D eigenvalue weighted by Crippen LogP contribution is 2.35. The Morgan fingerprint density at radius 1 is 1.04 bits per heavy atom. The monoisotopic (exact) mass is 388 g/mol. The summed E-state index contributed by atoms with van der Waals surface area (Å²) >= 11 is 0. The predicted octanol–water partition coefficient (Wildman–Crippen LogP) is 3.64. The van der Waals surface area contributed by atoms with Crippen LogP contribution in [-0.4, -0.2) is 66.4 Å². The fourth-order valence-electron chi connectivity index (χ4n) is 4.86. The maximum Gasteiger partial charge on any atom is 0.0900 e. The van der Waals surface area contributed by atoms with Crippen molar-refractivity contribution in [2.24, 2.45) is 17.8 Å². The van der Waals surface area contributed by atoms with Gasteiger partial charge in [0.15, 0.2) is 0 Å². The van der Waals surface area contributed by atoms with Gasteiger partial charge in [-0.2, -0.15) is 0 Å². The van der Waals surface area contributed by atoms with E-state index in [0.717, 1.165) is 51.6 Å². The Kier molecular flexibility index (Phi) is 8.34. The Morgan fingerprint density at radius 2 is 1.71 bits per heavy atom. The molecule has 1 heterocycles. The van der Waals surface area contributed by atoms with Gasteiger partial charge >= 0.3 is 0 Å². The third kappa shape index (κ3) is 6.55. The van der Waals surface area contributed by atoms with Crippen LogP contribution in [0, 0.1) is 17.8 Å². The van der Waals surface area contributed by atoms with Gasteiger partial charge in [-0.1, -0.05) is 57.5 Å². The van der Waals surface area contributed by atoms with Gasteiger partial charge in [0.2, 0.25) is 0 Å². The Hall–Kier alpha value is -0.940. The van der Waals surface area contributed by atoms with Crippen LogP contribution in [0.15, 0.2) is 30.3 Å². The second-order valence-electron chi connectivity index (χ2n) is 9.41. The molecule has 1 aromatic carbocycles. The Labute approximate surface area is 171 Å². The number of aliphatic hydroxyl groups is 1. The number of ether oxygens (including phenoxy) is 1. The average molecular weight is 389 g/mol. The van der Waals surface area contributed by atoms with Crippen molar-refractivity contribution in [3.05, 3.63) is 35.9 Å². The topological polar surface area (TPSA) is 35.9 Å². The Morgan fingerprint density at radius 3 is 2.39 bits per heavy atom. The number of β-amino-alcohol motifs (C(OH)–C–C–N with tert-alkyl or cyclic N) is 1. The molecule has 2 fully saturated rings. The minimum Gasteiger partial charge on any atom is -0.389 e. The number of hydrogen-bond donors (Lipinski definition) is 1. The lowest BCUT2D eigenvalue weighted by molar-refractivity contribution is -0.0755. The summed E-state index contributed by atoms with van der Waals surface area (Å²) in [6.45, 7) is 13.4. The third-order valence-electron chi connectivity index (χ3n) is 6.65. The maximum absolute atomic E-state index is 10.5. The van der Waals surface area contributed by atoms with Gasteiger partial charge in [0.05, 0.1) is 18.8 Å². The SMILES string of the molecule is CC(C)[C@H]1CC[C@H](C)C[C@H]1OC[C@H](O)CN1CCN(Cc2ccccc2)CC1. The van der Waals surface area contributed by atoms with Crippen molar-refractivity contribution in [3.63, 3.8) is 0 Å². The van der Waals surface area contributed by atoms with Crippen LogP contribution in [-0.2, 0) is 11.3 Å². The van der Waals surface area contributed by atoms with E-state index in [2.05, 4.69) is 60.9 Å². The summed E-state index contributed by atoms with van der Waals surface area (Å²) in [6.07, 6.45) is 3.67. The lowest BCUT2D eigenvalue weighted by Gasteiger charge is -2.38. The summed E-state index contributed by atoms with van der Waals surface area (Å²) in [5.41, 5.74) is 1.38. The fourth-order valence-corrected chi connectivity index (χ4v) is 4.86. The van der Waals surface area contributed by atoms with E-state index in [9.17, 15) is 5.11 Å². The van der Waals surface area contributed by atoms with Crippen LogP contribution >= 0.6 is 0 Å². The van der Waals surface area contributed by atoms with Crippen LogP contribution < -0.4 is 0 Å². The number of benzene rings is 1. The molecule has 1 N–H and O–H groups in total. The van der Waals surface area contributed by atoms with Crippen LogP contribution in [0.4, 0.5) is 0 Å². The van der Waals surface area contributed by atoms with Gasteiger partial charge in [0, 0.05) is 39.3 Å². The number of nitrogens with zero attached hydrogens (tertiary/aromatic N) is 2. The van der Waals surface area contributed by atoms with Gasteiger partial charge in [0.25, 0.3) is 0 Å². The summed E-state index contributed by atoms with van der Waals surface area (Å²) in [6, 6.07) is 10.7. The molecule has 0 spiro atoms. The van der Waals surface area contributed by atoms with Crippen molar-refractivity contribution in [1.29, 1.82) is 0 Å². The minimum absolute atomic E-state index is 0.320. The number of rotatable bonds is 8. The van der Waals surface area contributed by atoms with E-state index < -0.39 is 0 Å². The largest absolute Gasteiger partial charge is 0.389 e. The smallest absolute Gasteiger partial charge is 0.0900 e. The van der Waals surface area contributed by atoms with Crippen LogP contribution in [0.25, 0.3) is 0 Å². The molecule has 1 saturated heterocycles. The van der Waals surface area contributed by atoms with E-state index in [4.69, 9.17) is 4.74 Å². The molecule has 0 amide bonds. The summed E-state index contributed by atoms with van der Waals surface area (Å²) < 4.78 is 6.24. The van der Waals surface area contributed by atoms with E-state index in [-0.39, 0.29) is 6.10 Å². The van der Waals surface area contributed by atoms with Crippen LogP contribution in [0.5, 0.6) is 0 Å². The van der Waals surface area contributed by atoms with Gasteiger partial charge in [-0.05, 0) is 36.2 Å². The molecule has 4 nitrogen and oxygen atoms in total. The zero-order valence-electron chi connectivity index (χ0n) is 18.1. The molecule has 1 aromatic rings. The Bertz CT molecular complexity index is 557. The molecule has 28 heavy (non-hydrogen) atoms. The zero-order chi connectivity index (χ0) is 19.9. The number of hydrogen-bond acceptors (Lipinski definition) is 4. The van der Waals surface area contributed by atoms with Gasteiger partial charge < -0.3 is 9.84 Å². The van der Waals surface area contributed by atoms with Crippen molar-refractivity contribution in [1.82, 2.24) is 9.80 Å². The van der Waals surface area contributed by atoms with Crippen LogP contribution in [0.1, 0.15) is 45.6 Å². The maximum atomic E-state index is 10.5. The first-order valence-corrected chi connectivity index (χ1v) is 11.3. The molecule has 0 unspecified atom stereocenters. The van der Waals surface area contributed by atoms with Gasteiger partial charge in [-0.25, -0.2) is 0 Å². The summed E-state index contributed by atoms with van der Waals surface area (Å²) in [5, 5.41) is 10.5. The molecular formula is C24H40N2O2. The van der Waals surface area contributed by atoms with E-state index in [1.54, 1.807) is 0 Å². The first-order chi connectivity index (χ1) is 13.5. The molecule has 2 aliphatic rings. The molecule has 4 heteroatoms. The zero-order valence-corrected chi connectivity index (χ0v) is 18.1. The lowest BCUT2D eigenvalue weighted by atomic mass is 9.75. The van der Waals surface area contributed by atoms with E-state index in [1.165, 1.54) is 18.4 Å². The van der Waals surface area contributed by atoms with Gasteiger partial charge in [0.1, 0.15) is 0 Å². The summed E-state index contributed by atoms with van der Waals surface area (Å²) in [4.78, 5) is 4.89. The van der Waals surface area contributed by atoms with Crippen molar-refractivity contribution >= 4 is 0 Å². The van der Waals surface area contributed by atoms with Crippen molar-refractivity contribution in [3.8, 4) is 0 Å². The van der Waals surface area contributed by atoms with Crippen LogP contribution in [0.2, 0.25) is 0 Å². The molecular weight excluding hydrogens is 348 g/mol. The standard InChI is InChI=1S/C24H40N2O2/c1-19(2)23-10-9-20(3)15-24(23)28-18-22(27)17-26-13-11-25(12-14-26)16-21-7-5-4-6-8-21/h4-8,19-20,22-24,27H,9-18H2,1-3H3/t20-,22+,23+,24+/m0/s1. The highest BCUT2D eigenvalue weighted by Gasteiger charge is 2.32. The number of piperazine rings is 1. The fraction of sp³-hybridized carbons (Fsp3) is 0.750. The molecule has 158 valence electrons. The first kappa shape index (κ1) is 21.8. The first-order valence-electron chi connectivity index (χ1n) is 11.3. The molecule has 0 aromatic heterocycles. The molecule has 0 bridgehead atoms. The van der Waals surface area contributed by atoms with Gasteiger partial charge in [-0.3, -0.25) is 9.80 Å². The molecule has 1 aliphatic heterocycles. The molecule has 3 rings (SSSR count). The third-order valence-corrected chi connectivity index (χ3v) is 6.65. The normalized spacial score (nSPS) is 28.5. The van der Waals surface area contributed by atoms with E-state index >= 15 is 0 Å². The van der Waals surface area contributed by atoms with E-state index in [1.807, 2.05) is 0 Å². The quantitative estimate of drug-likeness (QED) is 0.738. The van der Waals surface area contributed by atoms with Crippen molar-refractivity contribution in [2.75, 3.05) is 39.3 Å².